The van der Waals surface area contributed by atoms with Crippen LogP contribution in [0.1, 0.15) is 53.0 Å². The van der Waals surface area contributed by atoms with E-state index in [9.17, 15) is 13.5 Å². The molecule has 0 saturated carbocycles. The molecule has 4 rings (SSSR count). The number of anilines is 3. The lowest BCUT2D eigenvalue weighted by Crippen LogP contribution is -2.28. The quantitative estimate of drug-likeness (QED) is 0.258. The van der Waals surface area contributed by atoms with Gasteiger partial charge in [0.05, 0.1) is 31.6 Å². The fourth-order valence-corrected chi connectivity index (χ4v) is 5.70. The highest BCUT2D eigenvalue weighted by Gasteiger charge is 2.30. The molecule has 0 unspecified atom stereocenters. The summed E-state index contributed by atoms with van der Waals surface area (Å²) in [6.07, 6.45) is 1.63. The number of hydrogen-bond acceptors (Lipinski definition) is 10. The second-order valence-corrected chi connectivity index (χ2v) is 11.6. The lowest BCUT2D eigenvalue weighted by atomic mass is 10.2. The highest BCUT2D eigenvalue weighted by Crippen LogP contribution is 2.36. The van der Waals surface area contributed by atoms with Crippen LogP contribution in [0.3, 0.4) is 0 Å². The number of benzene rings is 2. The van der Waals surface area contributed by atoms with Crippen LogP contribution < -0.4 is 20.1 Å². The Balaban J connectivity index is 0.000000815. The number of sulfonamides is 1. The molecule has 2 heterocycles. The first-order valence-corrected chi connectivity index (χ1v) is 15.2. The molecule has 2 aromatic carbocycles. The first kappa shape index (κ1) is 32.1. The minimum atomic E-state index is -3.77. The van der Waals surface area contributed by atoms with Gasteiger partial charge in [-0.3, -0.25) is 0 Å². The van der Waals surface area contributed by atoms with Gasteiger partial charge in [-0.15, -0.1) is 0 Å². The number of rotatable bonds is 9. The molecular formula is C27H41N5O5S2. The number of para-hydroxylation sites is 1. The molecule has 1 saturated heterocycles. The van der Waals surface area contributed by atoms with Gasteiger partial charge in [0.1, 0.15) is 4.90 Å². The fourth-order valence-electron chi connectivity index (χ4n) is 3.59. The molecule has 39 heavy (non-hydrogen) atoms. The topological polar surface area (TPSA) is 126 Å². The Morgan fingerprint density at radius 2 is 1.62 bits per heavy atom. The van der Waals surface area contributed by atoms with Crippen molar-refractivity contribution < 1.29 is 23.0 Å². The van der Waals surface area contributed by atoms with Gasteiger partial charge in [0.2, 0.25) is 10.0 Å². The second kappa shape index (κ2) is 15.5. The zero-order valence-corrected chi connectivity index (χ0v) is 25.4. The number of phenols is 1. The predicted molar refractivity (Wildman–Crippen MR) is 158 cm³/mol. The van der Waals surface area contributed by atoms with Crippen molar-refractivity contribution in [3.8, 4) is 17.2 Å². The second-order valence-electron chi connectivity index (χ2n) is 9.12. The van der Waals surface area contributed by atoms with E-state index in [2.05, 4.69) is 40.2 Å². The molecule has 0 amide bonds. The molecular weight excluding hydrogens is 538 g/mol. The van der Waals surface area contributed by atoms with Crippen LogP contribution in [-0.2, 0) is 16.6 Å². The van der Waals surface area contributed by atoms with E-state index in [1.807, 2.05) is 32.0 Å². The lowest BCUT2D eigenvalue weighted by molar-refractivity contribution is 0.354. The highest BCUT2D eigenvalue weighted by atomic mass is 32.2. The van der Waals surface area contributed by atoms with Crippen molar-refractivity contribution in [1.29, 1.82) is 0 Å². The summed E-state index contributed by atoms with van der Waals surface area (Å²) < 4.78 is 46.3. The predicted octanol–water partition coefficient (Wildman–Crippen LogP) is 6.09. The van der Waals surface area contributed by atoms with Gasteiger partial charge in [-0.1, -0.05) is 46.8 Å². The van der Waals surface area contributed by atoms with Crippen LogP contribution in [0.2, 0.25) is 0 Å². The summed E-state index contributed by atoms with van der Waals surface area (Å²) in [5.41, 5.74) is 1.17. The van der Waals surface area contributed by atoms with E-state index in [1.165, 1.54) is 10.4 Å². The van der Waals surface area contributed by atoms with Crippen molar-refractivity contribution in [3.63, 3.8) is 0 Å². The molecule has 1 aromatic heterocycles. The van der Waals surface area contributed by atoms with E-state index >= 15 is 0 Å². The molecule has 1 aliphatic rings. The van der Waals surface area contributed by atoms with Crippen molar-refractivity contribution in [2.45, 2.75) is 58.9 Å². The number of nitrogens with one attached hydrogen (secondary N) is 2. The van der Waals surface area contributed by atoms with E-state index < -0.39 is 10.0 Å². The zero-order valence-electron chi connectivity index (χ0n) is 23.8. The van der Waals surface area contributed by atoms with Gasteiger partial charge in [0, 0.05) is 19.6 Å². The van der Waals surface area contributed by atoms with Gasteiger partial charge in [0.25, 0.3) is 0 Å². The first-order chi connectivity index (χ1) is 18.7. The Labute approximate surface area is 236 Å². The van der Waals surface area contributed by atoms with Crippen LogP contribution in [0, 0.1) is 5.92 Å². The van der Waals surface area contributed by atoms with Crippen molar-refractivity contribution in [1.82, 2.24) is 13.1 Å². The summed E-state index contributed by atoms with van der Waals surface area (Å²) in [6, 6.07) is 10.2. The minimum absolute atomic E-state index is 0.127. The molecule has 1 fully saturated rings. The molecule has 0 radical (unpaired) electrons. The summed E-state index contributed by atoms with van der Waals surface area (Å²) >= 11 is 0.993. The minimum Gasteiger partial charge on any atom is -0.504 e. The van der Waals surface area contributed by atoms with Gasteiger partial charge in [0.15, 0.2) is 28.9 Å². The molecule has 216 valence electrons. The molecule has 3 aromatic rings. The number of aromatic hydroxyl groups is 1. The Bertz CT molecular complexity index is 1270. The van der Waals surface area contributed by atoms with Crippen molar-refractivity contribution in [2.24, 2.45) is 5.92 Å². The van der Waals surface area contributed by atoms with E-state index in [-0.39, 0.29) is 16.3 Å². The maximum absolute atomic E-state index is 12.9. The van der Waals surface area contributed by atoms with Crippen molar-refractivity contribution >= 4 is 39.1 Å². The average molecular weight is 580 g/mol. The number of hydrogen-bond donors (Lipinski definition) is 3. The van der Waals surface area contributed by atoms with Crippen LogP contribution in [-0.4, -0.2) is 53.9 Å². The summed E-state index contributed by atoms with van der Waals surface area (Å²) in [7, 11) is -0.613. The SMILES string of the molecule is CC.CC(C)C.COc1ccc(CNc2nsnc2Nc2cccc(S(=O)(=O)N3CCCC3)c2O)cc1OC. The molecule has 0 aliphatic carbocycles. The van der Waals surface area contributed by atoms with E-state index in [4.69, 9.17) is 9.47 Å². The molecule has 0 atom stereocenters. The van der Waals surface area contributed by atoms with E-state index in [0.29, 0.717) is 42.8 Å². The van der Waals surface area contributed by atoms with Gasteiger partial charge < -0.3 is 25.2 Å². The number of ether oxygens (including phenoxy) is 2. The fraction of sp³-hybridized carbons (Fsp3) is 0.481. The molecule has 1 aliphatic heterocycles. The summed E-state index contributed by atoms with van der Waals surface area (Å²) in [4.78, 5) is -0.127. The largest absolute Gasteiger partial charge is 0.504 e. The number of phenolic OH excluding ortho intramolecular Hbond substituents is 1. The molecule has 12 heteroatoms. The maximum Gasteiger partial charge on any atom is 0.246 e. The van der Waals surface area contributed by atoms with Crippen LogP contribution in [0.5, 0.6) is 17.2 Å². The third-order valence-corrected chi connectivity index (χ3v) is 7.79. The van der Waals surface area contributed by atoms with E-state index in [0.717, 1.165) is 36.1 Å². The van der Waals surface area contributed by atoms with E-state index in [1.54, 1.807) is 26.4 Å². The van der Waals surface area contributed by atoms with Crippen LogP contribution in [0.25, 0.3) is 0 Å². The smallest absolute Gasteiger partial charge is 0.246 e. The van der Waals surface area contributed by atoms with Gasteiger partial charge in [-0.05, 0) is 48.6 Å². The first-order valence-electron chi connectivity index (χ1n) is 13.0. The van der Waals surface area contributed by atoms with Gasteiger partial charge in [-0.25, -0.2) is 8.42 Å². The third kappa shape index (κ3) is 8.70. The Hall–Kier alpha value is -3.09. The van der Waals surface area contributed by atoms with Gasteiger partial charge >= 0.3 is 0 Å². The monoisotopic (exact) mass is 579 g/mol. The zero-order chi connectivity index (χ0) is 29.0. The molecule has 0 bridgehead atoms. The Morgan fingerprint density at radius 3 is 2.23 bits per heavy atom. The standard InChI is InChI=1S/C21H25N5O5S2.C4H10.C2H6/c1-30-16-9-8-14(12-17(16)31-2)13-22-20-21(25-32-24-20)23-15-6-5-7-18(19(15)27)33(28,29)26-10-3-4-11-26;1-4(2)3;1-2/h5-9,12,27H,3-4,10-11,13H2,1-2H3,(H,22,24)(H,23,25);4H,1-3H3;1-2H3. The summed E-state index contributed by atoms with van der Waals surface area (Å²) in [6.45, 7) is 11.9. The molecule has 10 nitrogen and oxygen atoms in total. The number of aromatic nitrogens is 2. The normalized spacial score (nSPS) is 13.1. The summed E-state index contributed by atoms with van der Waals surface area (Å²) in [5.74, 6) is 2.60. The van der Waals surface area contributed by atoms with Crippen LogP contribution in [0.4, 0.5) is 17.3 Å². The van der Waals surface area contributed by atoms with Gasteiger partial charge in [-0.2, -0.15) is 13.1 Å². The maximum atomic E-state index is 12.9. The molecule has 0 spiro atoms. The molecule has 3 N–H and O–H groups in total. The lowest BCUT2D eigenvalue weighted by Gasteiger charge is -2.18. The number of nitrogens with zero attached hydrogens (tertiary/aromatic N) is 3. The van der Waals surface area contributed by atoms with Crippen molar-refractivity contribution in [2.75, 3.05) is 37.9 Å². The number of methoxy groups -OCH3 is 2. The Morgan fingerprint density at radius 1 is 1.00 bits per heavy atom. The summed E-state index contributed by atoms with van der Waals surface area (Å²) in [5, 5.41) is 16.9. The Kier molecular flexibility index (Phi) is 12.8. The van der Waals surface area contributed by atoms with Crippen molar-refractivity contribution in [3.05, 3.63) is 42.0 Å². The van der Waals surface area contributed by atoms with Crippen LogP contribution >= 0.6 is 11.7 Å². The average Bonchev–Trinajstić information content (AvgIpc) is 3.62. The third-order valence-electron chi connectivity index (χ3n) is 5.33. The van der Waals surface area contributed by atoms with Crippen LogP contribution in [0.15, 0.2) is 41.3 Å². The highest BCUT2D eigenvalue weighted by molar-refractivity contribution is 7.89.